The van der Waals surface area contributed by atoms with Crippen LogP contribution in [0.3, 0.4) is 0 Å². The Morgan fingerprint density at radius 3 is 0.583 bits per heavy atom. The van der Waals surface area contributed by atoms with Gasteiger partial charge in [0.1, 0.15) is 22.6 Å². The summed E-state index contributed by atoms with van der Waals surface area (Å²) in [6.45, 7) is 18.5. The number of halogens is 8. The maximum Gasteiger partial charge on any atom is 0.166 e. The zero-order valence-electron chi connectivity index (χ0n) is 73.6. The quantitative estimate of drug-likeness (QED) is 0.0163. The topological polar surface area (TPSA) is 109 Å². The Morgan fingerprint density at radius 2 is 0.350 bits per heavy atom. The van der Waals surface area contributed by atoms with E-state index in [1.807, 2.05) is 47.0 Å². The van der Waals surface area contributed by atoms with Crippen LogP contribution in [-0.2, 0) is 0 Å². The van der Waals surface area contributed by atoms with Crippen LogP contribution in [0.1, 0.15) is 364 Å². The monoisotopic (exact) mass is 1940 g/mol. The standard InChI is InChI=1S/C96H138Cl8N8S8/c1-9-17-25-33-41-49-57-113-81-69-71(83(115-59-51-43-35-27-19-11-3)87(119-63-55-47-39-31-23-15-7)85(81)117-61-53-45-37-29-21-13-5)95-110-93(69)108-91-67-65(73(97)77(101)79(103)75(67)99)89(106-91)105-90-66-68(76(100)80(104)78(102)74(66)98)92(107-90)109-94-70-72(96(111-94)112-95)84(116-60-52-44-36-28-20-12-4)88(120-64-56-48-40-32-24-16-8)86(118-62-54-46-38-30-22-14-6)82(70)114-58-50-42-34-26-18-10-2/h9-64H2,1-8H3,(H2,105,106,107,108,109,110,111,112). The van der Waals surface area contributed by atoms with Gasteiger partial charge >= 0.3 is 0 Å². The van der Waals surface area contributed by atoms with E-state index in [2.05, 4.69) is 112 Å². The van der Waals surface area contributed by atoms with Crippen LogP contribution >= 0.6 is 187 Å². The Morgan fingerprint density at radius 1 is 0.175 bits per heavy atom. The third-order valence-electron chi connectivity index (χ3n) is 22.7. The lowest BCUT2D eigenvalue weighted by atomic mass is 10.1. The zero-order valence-corrected chi connectivity index (χ0v) is 86.2. The normalized spacial score (nSPS) is 12.1. The van der Waals surface area contributed by atoms with Gasteiger partial charge in [-0.15, -0.1) is 94.1 Å². The molecular formula is C96H138Cl8N8S8. The van der Waals surface area contributed by atoms with Crippen molar-refractivity contribution in [2.24, 2.45) is 0 Å². The number of hydrogen-bond donors (Lipinski definition) is 2. The minimum Gasteiger partial charge on any atom is -0.324 e. The number of hydrogen-bond acceptors (Lipinski definition) is 14. The molecule has 4 aromatic carbocycles. The summed E-state index contributed by atoms with van der Waals surface area (Å²) in [4.78, 5) is 53.5. The highest BCUT2D eigenvalue weighted by Crippen LogP contribution is 2.59. The molecule has 5 heterocycles. The second kappa shape index (κ2) is 58.2. The zero-order chi connectivity index (χ0) is 85.4. The number of nitrogens with zero attached hydrogens (tertiary/aromatic N) is 6. The lowest BCUT2D eigenvalue weighted by Gasteiger charge is -2.23. The van der Waals surface area contributed by atoms with E-state index < -0.39 is 0 Å². The summed E-state index contributed by atoms with van der Waals surface area (Å²) < 4.78 is 0. The predicted molar refractivity (Wildman–Crippen MR) is 549 cm³/mol. The molecule has 0 saturated carbocycles. The van der Waals surface area contributed by atoms with E-state index in [0.717, 1.165) is 119 Å². The fourth-order valence-corrected chi connectivity index (χ4v) is 28.8. The largest absolute Gasteiger partial charge is 0.324 e. The number of H-pyrrole nitrogens is 2. The number of unbranched alkanes of at least 4 members (excludes halogenated alkanes) is 40. The fraction of sp³-hybridized carbons (Fsp3) is 0.667. The van der Waals surface area contributed by atoms with Gasteiger partial charge in [-0.2, -0.15) is 0 Å². The van der Waals surface area contributed by atoms with Gasteiger partial charge in [0.05, 0.1) is 62.1 Å². The Hall–Kier alpha value is -0.640. The number of nitrogens with one attached hydrogen (secondary N) is 2. The van der Waals surface area contributed by atoms with Crippen LogP contribution < -0.4 is 0 Å². The molecule has 9 rings (SSSR count). The van der Waals surface area contributed by atoms with Crippen molar-refractivity contribution in [3.63, 3.8) is 0 Å². The maximum absolute atomic E-state index is 7.66. The molecule has 2 aliphatic heterocycles. The van der Waals surface area contributed by atoms with Crippen LogP contribution in [0.4, 0.5) is 0 Å². The summed E-state index contributed by atoms with van der Waals surface area (Å²) in [7, 11) is 0. The van der Waals surface area contributed by atoms with Crippen molar-refractivity contribution < 1.29 is 0 Å². The molecular weight excluding hydrogens is 1810 g/mol. The summed E-state index contributed by atoms with van der Waals surface area (Å²) in [6.07, 6.45) is 58.2. The minimum atomic E-state index is 0.0674. The first-order chi connectivity index (χ1) is 58.7. The molecule has 0 fully saturated rings. The number of fused-ring (bicyclic) bond motifs is 20. The molecule has 2 aliphatic rings. The maximum atomic E-state index is 7.66. The summed E-state index contributed by atoms with van der Waals surface area (Å²) in [5.74, 6) is 9.37. The third-order valence-corrected chi connectivity index (χ3v) is 36.6. The fourth-order valence-electron chi connectivity index (χ4n) is 15.8. The summed E-state index contributed by atoms with van der Waals surface area (Å²) in [6, 6.07) is 0. The van der Waals surface area contributed by atoms with Crippen LogP contribution in [0.15, 0.2) is 39.2 Å². The number of aromatic nitrogens is 8. The number of benzene rings is 4. The highest BCUT2D eigenvalue weighted by atomic mass is 35.5. The summed E-state index contributed by atoms with van der Waals surface area (Å²) in [5.41, 5.74) is 4.71. The van der Waals surface area contributed by atoms with Crippen LogP contribution in [0.5, 0.6) is 0 Å². The lowest BCUT2D eigenvalue weighted by Crippen LogP contribution is -2.00. The van der Waals surface area contributed by atoms with Gasteiger partial charge in [0, 0.05) is 61.1 Å². The van der Waals surface area contributed by atoms with Crippen molar-refractivity contribution >= 4 is 231 Å². The Labute approximate surface area is 797 Å². The third kappa shape index (κ3) is 29.7. The van der Waals surface area contributed by atoms with Crippen LogP contribution in [-0.4, -0.2) is 85.9 Å². The molecule has 120 heavy (non-hydrogen) atoms. The molecule has 0 saturated heterocycles. The van der Waals surface area contributed by atoms with E-state index in [-0.39, 0.29) is 57.5 Å². The minimum absolute atomic E-state index is 0.0674. The second-order valence-electron chi connectivity index (χ2n) is 32.7. The molecule has 0 spiro atoms. The first-order valence-corrected chi connectivity index (χ1v) is 57.7. The Balaban J connectivity index is 1.53. The molecule has 0 unspecified atom stereocenters. The van der Waals surface area contributed by atoms with Crippen molar-refractivity contribution in [1.82, 2.24) is 39.9 Å². The second-order valence-corrected chi connectivity index (χ2v) is 44.5. The molecule has 8 bridgehead atoms. The van der Waals surface area contributed by atoms with Crippen LogP contribution in [0.2, 0.25) is 40.2 Å². The number of aromatic amines is 2. The number of thioether (sulfide) groups is 8. The molecule has 0 amide bonds. The van der Waals surface area contributed by atoms with Crippen molar-refractivity contribution in [3.05, 3.63) is 40.2 Å². The summed E-state index contributed by atoms with van der Waals surface area (Å²) in [5, 5.41) is 3.80. The van der Waals surface area contributed by atoms with Crippen LogP contribution in [0.25, 0.3) is 89.7 Å². The van der Waals surface area contributed by atoms with E-state index in [0.29, 0.717) is 50.5 Å². The van der Waals surface area contributed by atoms with E-state index in [1.54, 1.807) is 0 Å². The smallest absolute Gasteiger partial charge is 0.166 e. The van der Waals surface area contributed by atoms with Gasteiger partial charge in [0.25, 0.3) is 0 Å². The number of rotatable bonds is 64. The van der Waals surface area contributed by atoms with E-state index >= 15 is 0 Å². The van der Waals surface area contributed by atoms with Gasteiger partial charge in [-0.3, -0.25) is 0 Å². The first kappa shape index (κ1) is 103. The first-order valence-electron chi connectivity index (χ1n) is 46.8. The van der Waals surface area contributed by atoms with Gasteiger partial charge in [0.15, 0.2) is 23.3 Å². The molecule has 666 valence electrons. The van der Waals surface area contributed by atoms with Crippen molar-refractivity contribution in [2.75, 3.05) is 46.0 Å². The van der Waals surface area contributed by atoms with Gasteiger partial charge in [0.2, 0.25) is 0 Å². The van der Waals surface area contributed by atoms with Crippen molar-refractivity contribution in [1.29, 1.82) is 0 Å². The van der Waals surface area contributed by atoms with Crippen molar-refractivity contribution in [3.8, 4) is 45.6 Å². The van der Waals surface area contributed by atoms with E-state index in [4.69, 9.17) is 123 Å². The molecule has 7 aromatic rings. The average molecular weight is 1940 g/mol. The Bertz CT molecular complexity index is 4480. The van der Waals surface area contributed by atoms with Gasteiger partial charge < -0.3 is 9.97 Å². The lowest BCUT2D eigenvalue weighted by molar-refractivity contribution is 0.626. The molecule has 0 atom stereocenters. The summed E-state index contributed by atoms with van der Waals surface area (Å²) >= 11 is 75.8. The average Bonchev–Trinajstić information content (AvgIpc) is 1.55. The van der Waals surface area contributed by atoms with Gasteiger partial charge in [-0.1, -0.05) is 405 Å². The van der Waals surface area contributed by atoms with E-state index in [1.165, 1.54) is 296 Å². The predicted octanol–water partition coefficient (Wildman–Crippen LogP) is 39.7. The van der Waals surface area contributed by atoms with Crippen LogP contribution in [0, 0.1) is 0 Å². The van der Waals surface area contributed by atoms with Gasteiger partial charge in [-0.25, -0.2) is 29.9 Å². The molecule has 2 N–H and O–H groups in total. The molecule has 0 aliphatic carbocycles. The highest BCUT2D eigenvalue weighted by molar-refractivity contribution is 8.05. The molecule has 8 nitrogen and oxygen atoms in total. The molecule has 0 radical (unpaired) electrons. The van der Waals surface area contributed by atoms with Gasteiger partial charge in [-0.05, 0) is 97.4 Å². The Kier molecular flexibility index (Phi) is 50.0. The van der Waals surface area contributed by atoms with E-state index in [9.17, 15) is 0 Å². The molecule has 24 heteroatoms. The highest BCUT2D eigenvalue weighted by Gasteiger charge is 2.37. The van der Waals surface area contributed by atoms with Crippen molar-refractivity contribution in [2.45, 2.75) is 403 Å². The molecule has 3 aromatic heterocycles. The SMILES string of the molecule is CCCCCCCCSc1c(SCCCCCCCC)c(SCCCCCCCC)c2c(c1SCCCCCCCC)-c1nc-2nc2[nH]c(nc3nc(nc4[nH]c(n1)c1c(Cl)c(Cl)c(Cl)c(Cl)c41)-c1c(Cl)c(Cl)c(Cl)c(Cl)c1-3)c1c(SCCCCCCCC)c(SCCCCCCCC)c(SCCCCCCCC)c(SCCCCCCCC)c21.